The lowest BCUT2D eigenvalue weighted by atomic mass is 9.93. The molecule has 1 N–H and O–H groups in total. The van der Waals surface area contributed by atoms with Gasteiger partial charge in [-0.05, 0) is 47.9 Å². The Balaban J connectivity index is 2.03. The van der Waals surface area contributed by atoms with Crippen LogP contribution < -0.4 is 5.32 Å². The van der Waals surface area contributed by atoms with Crippen LogP contribution in [0, 0.1) is 6.92 Å². The molecule has 0 fully saturated rings. The largest absolute Gasteiger partial charge is 0.372 e. The van der Waals surface area contributed by atoms with E-state index in [0.29, 0.717) is 0 Å². The standard InChI is InChI=1S/C17H18BrNO/c1-11-15(4-3-5-16(11)18)17(19-2)12-6-7-13-9-20-10-14(13)8-12/h3-8,17,19H,9-10H2,1-2H3. The van der Waals surface area contributed by atoms with Crippen LogP contribution in [0.1, 0.15) is 33.9 Å². The molecule has 2 nitrogen and oxygen atoms in total. The fourth-order valence-corrected chi connectivity index (χ4v) is 3.19. The Hall–Kier alpha value is -1.16. The van der Waals surface area contributed by atoms with Crippen molar-refractivity contribution in [3.63, 3.8) is 0 Å². The molecule has 0 saturated carbocycles. The van der Waals surface area contributed by atoms with Crippen molar-refractivity contribution in [1.29, 1.82) is 0 Å². The molecule has 20 heavy (non-hydrogen) atoms. The first-order valence-corrected chi connectivity index (χ1v) is 7.61. The number of rotatable bonds is 3. The van der Waals surface area contributed by atoms with Crippen molar-refractivity contribution in [1.82, 2.24) is 5.32 Å². The van der Waals surface area contributed by atoms with E-state index in [1.807, 2.05) is 7.05 Å². The summed E-state index contributed by atoms with van der Waals surface area (Å²) >= 11 is 3.62. The Morgan fingerprint density at radius 3 is 2.75 bits per heavy atom. The highest BCUT2D eigenvalue weighted by molar-refractivity contribution is 9.10. The fourth-order valence-electron chi connectivity index (χ4n) is 2.81. The number of benzene rings is 2. The zero-order valence-corrected chi connectivity index (χ0v) is 13.3. The van der Waals surface area contributed by atoms with E-state index in [-0.39, 0.29) is 6.04 Å². The molecular formula is C17H18BrNO. The van der Waals surface area contributed by atoms with Crippen molar-refractivity contribution >= 4 is 15.9 Å². The molecule has 1 aliphatic rings. The molecular weight excluding hydrogens is 314 g/mol. The van der Waals surface area contributed by atoms with Crippen LogP contribution in [0.5, 0.6) is 0 Å². The van der Waals surface area contributed by atoms with Gasteiger partial charge in [0.2, 0.25) is 0 Å². The van der Waals surface area contributed by atoms with Gasteiger partial charge in [-0.2, -0.15) is 0 Å². The summed E-state index contributed by atoms with van der Waals surface area (Å²) < 4.78 is 6.66. The van der Waals surface area contributed by atoms with Crippen molar-refractivity contribution in [2.45, 2.75) is 26.2 Å². The number of ether oxygens (including phenoxy) is 1. The van der Waals surface area contributed by atoms with Gasteiger partial charge in [0.1, 0.15) is 0 Å². The minimum atomic E-state index is 0.207. The molecule has 2 aromatic carbocycles. The Labute approximate surface area is 128 Å². The number of nitrogens with one attached hydrogen (secondary N) is 1. The molecule has 0 amide bonds. The molecule has 1 unspecified atom stereocenters. The fraction of sp³-hybridized carbons (Fsp3) is 0.294. The number of hydrogen-bond donors (Lipinski definition) is 1. The third-order valence-electron chi connectivity index (χ3n) is 3.99. The molecule has 0 aromatic heterocycles. The van der Waals surface area contributed by atoms with Gasteiger partial charge in [0.15, 0.2) is 0 Å². The molecule has 0 radical (unpaired) electrons. The average Bonchev–Trinajstić information content (AvgIpc) is 2.92. The van der Waals surface area contributed by atoms with E-state index in [1.54, 1.807) is 0 Å². The third-order valence-corrected chi connectivity index (χ3v) is 4.85. The average molecular weight is 332 g/mol. The number of fused-ring (bicyclic) bond motifs is 1. The highest BCUT2D eigenvalue weighted by atomic mass is 79.9. The summed E-state index contributed by atoms with van der Waals surface area (Å²) in [6, 6.07) is 13.2. The van der Waals surface area contributed by atoms with Crippen LogP contribution in [0.25, 0.3) is 0 Å². The zero-order chi connectivity index (χ0) is 14.1. The van der Waals surface area contributed by atoms with Gasteiger partial charge in [-0.1, -0.05) is 46.3 Å². The monoisotopic (exact) mass is 331 g/mol. The topological polar surface area (TPSA) is 21.3 Å². The van der Waals surface area contributed by atoms with Crippen LogP contribution in [-0.4, -0.2) is 7.05 Å². The summed E-state index contributed by atoms with van der Waals surface area (Å²) in [5, 5.41) is 3.43. The van der Waals surface area contributed by atoms with Gasteiger partial charge in [0.05, 0.1) is 19.3 Å². The maximum Gasteiger partial charge on any atom is 0.0725 e. The molecule has 0 spiro atoms. The minimum absolute atomic E-state index is 0.207. The first-order chi connectivity index (χ1) is 9.70. The first-order valence-electron chi connectivity index (χ1n) is 6.82. The van der Waals surface area contributed by atoms with Crippen LogP contribution in [0.3, 0.4) is 0 Å². The van der Waals surface area contributed by atoms with E-state index in [0.717, 1.165) is 17.7 Å². The van der Waals surface area contributed by atoms with Gasteiger partial charge in [0, 0.05) is 4.47 Å². The Morgan fingerprint density at radius 2 is 1.95 bits per heavy atom. The summed E-state index contributed by atoms with van der Waals surface area (Å²) in [5.41, 5.74) is 6.51. The first kappa shape index (κ1) is 13.8. The summed E-state index contributed by atoms with van der Waals surface area (Å²) in [7, 11) is 2.01. The van der Waals surface area contributed by atoms with Gasteiger partial charge in [-0.15, -0.1) is 0 Å². The second-order valence-electron chi connectivity index (χ2n) is 5.20. The molecule has 0 aliphatic carbocycles. The second kappa shape index (κ2) is 5.68. The third kappa shape index (κ3) is 2.41. The molecule has 1 heterocycles. The molecule has 0 saturated heterocycles. The Morgan fingerprint density at radius 1 is 1.15 bits per heavy atom. The smallest absolute Gasteiger partial charge is 0.0725 e. The highest BCUT2D eigenvalue weighted by Gasteiger charge is 2.18. The highest BCUT2D eigenvalue weighted by Crippen LogP contribution is 2.31. The van der Waals surface area contributed by atoms with Crippen LogP contribution in [0.2, 0.25) is 0 Å². The molecule has 0 bridgehead atoms. The van der Waals surface area contributed by atoms with Crippen molar-refractivity contribution in [2.24, 2.45) is 0 Å². The SMILES string of the molecule is CNC(c1ccc2c(c1)COC2)c1cccc(Br)c1C. The molecule has 104 valence electrons. The van der Waals surface area contributed by atoms with Gasteiger partial charge in [0.25, 0.3) is 0 Å². The van der Waals surface area contributed by atoms with Crippen LogP contribution >= 0.6 is 15.9 Å². The summed E-state index contributed by atoms with van der Waals surface area (Å²) in [4.78, 5) is 0. The predicted octanol–water partition coefficient (Wildman–Crippen LogP) is 4.10. The predicted molar refractivity (Wildman–Crippen MR) is 84.7 cm³/mol. The lowest BCUT2D eigenvalue weighted by molar-refractivity contribution is 0.134. The van der Waals surface area contributed by atoms with Crippen LogP contribution in [0.4, 0.5) is 0 Å². The quantitative estimate of drug-likeness (QED) is 0.914. The maximum absolute atomic E-state index is 5.50. The Bertz CT molecular complexity index is 639. The van der Waals surface area contributed by atoms with Crippen LogP contribution in [0.15, 0.2) is 40.9 Å². The molecule has 1 aliphatic heterocycles. The number of halogens is 1. The van der Waals surface area contributed by atoms with E-state index in [4.69, 9.17) is 4.74 Å². The maximum atomic E-state index is 5.50. The van der Waals surface area contributed by atoms with Gasteiger partial charge in [-0.25, -0.2) is 0 Å². The van der Waals surface area contributed by atoms with E-state index in [9.17, 15) is 0 Å². The molecule has 1 atom stereocenters. The second-order valence-corrected chi connectivity index (χ2v) is 6.05. The van der Waals surface area contributed by atoms with E-state index in [2.05, 4.69) is 64.6 Å². The molecule has 2 aromatic rings. The molecule has 3 heteroatoms. The van der Waals surface area contributed by atoms with Gasteiger partial charge < -0.3 is 10.1 Å². The lowest BCUT2D eigenvalue weighted by Gasteiger charge is -2.21. The van der Waals surface area contributed by atoms with Crippen molar-refractivity contribution in [3.8, 4) is 0 Å². The zero-order valence-electron chi connectivity index (χ0n) is 11.7. The number of hydrogen-bond acceptors (Lipinski definition) is 2. The summed E-state index contributed by atoms with van der Waals surface area (Å²) in [6.07, 6.45) is 0. The lowest BCUT2D eigenvalue weighted by Crippen LogP contribution is -2.19. The normalized spacial score (nSPS) is 15.2. The van der Waals surface area contributed by atoms with Gasteiger partial charge >= 0.3 is 0 Å². The van der Waals surface area contributed by atoms with Crippen LogP contribution in [-0.2, 0) is 18.0 Å². The van der Waals surface area contributed by atoms with E-state index >= 15 is 0 Å². The minimum Gasteiger partial charge on any atom is -0.372 e. The van der Waals surface area contributed by atoms with E-state index < -0.39 is 0 Å². The van der Waals surface area contributed by atoms with Crippen molar-refractivity contribution < 1.29 is 4.74 Å². The summed E-state index contributed by atoms with van der Waals surface area (Å²) in [6.45, 7) is 3.63. The summed E-state index contributed by atoms with van der Waals surface area (Å²) in [5.74, 6) is 0. The van der Waals surface area contributed by atoms with Crippen molar-refractivity contribution in [2.75, 3.05) is 7.05 Å². The molecule has 3 rings (SSSR count). The van der Waals surface area contributed by atoms with Gasteiger partial charge in [-0.3, -0.25) is 0 Å². The van der Waals surface area contributed by atoms with E-state index in [1.165, 1.54) is 27.8 Å². The Kier molecular flexibility index (Phi) is 3.92. The van der Waals surface area contributed by atoms with Crippen molar-refractivity contribution in [3.05, 3.63) is 68.7 Å².